The van der Waals surface area contributed by atoms with Crippen LogP contribution in [-0.4, -0.2) is 65.4 Å². The van der Waals surface area contributed by atoms with Gasteiger partial charge in [-0.1, -0.05) is 58.9 Å². The molecule has 0 amide bonds. The fourth-order valence-corrected chi connectivity index (χ4v) is 17.4. The highest BCUT2D eigenvalue weighted by atomic mass is 32.2. The van der Waals surface area contributed by atoms with Crippen LogP contribution in [0.15, 0.2) is 53.8 Å². The number of hydrogen-bond donors (Lipinski definition) is 3. The Bertz CT molecular complexity index is 2170. The molecule has 0 spiro atoms. The highest BCUT2D eigenvalue weighted by molar-refractivity contribution is 7.91. The molecule has 340 valence electrons. The van der Waals surface area contributed by atoms with Crippen molar-refractivity contribution in [3.63, 3.8) is 0 Å². The molecule has 10 heteroatoms. The van der Waals surface area contributed by atoms with Crippen LogP contribution in [0.3, 0.4) is 0 Å². The minimum absolute atomic E-state index is 0.0230. The number of pyridine rings is 1. The average molecular weight is 870 g/mol. The number of sulfone groups is 1. The monoisotopic (exact) mass is 870 g/mol. The summed E-state index contributed by atoms with van der Waals surface area (Å²) in [4.78, 5) is 17.0. The van der Waals surface area contributed by atoms with Gasteiger partial charge in [0.15, 0.2) is 0 Å². The molecule has 1 aromatic rings. The molecule has 1 unspecified atom stereocenters. The molecular weight excluding hydrogens is 795 g/mol. The Hall–Kier alpha value is -3.00. The standard InChI is InChI=1S/C52H75N3O6S/c1-34(2)38-17-26-52(55-31-29-51(58)24-15-37(16-25-51)62(8,59)60)28-27-48(6)40(43(38)52)11-12-42-47(5)20-18-39(46(3,4)41(47)19-21-49(42,48)7)35-13-22-50(23-14-35,45(56)57)33-61-44-36(32-53)10-9-30-54-44/h9-10,13,18,30,37-38,40-43,55,58H,1,11-12,14-17,19-29,31,33H2,2-8H3,(H,56,57)/t37-,38?,40-,41+,42-,43-,47+,48-,49-,50+,51+,52+/m1/s1. The number of fused-ring (bicyclic) bond motifs is 7. The highest BCUT2D eigenvalue weighted by Crippen LogP contribution is 2.76. The van der Waals surface area contributed by atoms with Crippen molar-refractivity contribution in [2.24, 2.45) is 56.7 Å². The maximum absolute atomic E-state index is 12.8. The molecule has 1 aromatic heterocycles. The second-order valence-corrected chi connectivity index (χ2v) is 25.4. The summed E-state index contributed by atoms with van der Waals surface area (Å²) in [6, 6.07) is 5.42. The molecule has 9 nitrogen and oxygen atoms in total. The zero-order chi connectivity index (χ0) is 44.7. The zero-order valence-electron chi connectivity index (χ0n) is 38.8. The van der Waals surface area contributed by atoms with E-state index in [0.717, 1.165) is 25.8 Å². The van der Waals surface area contributed by atoms with Crippen LogP contribution in [0.4, 0.5) is 0 Å². The number of rotatable bonds is 11. The Morgan fingerprint density at radius 2 is 1.69 bits per heavy atom. The quantitative estimate of drug-likeness (QED) is 0.185. The van der Waals surface area contributed by atoms with Gasteiger partial charge in [0.25, 0.3) is 0 Å². The van der Waals surface area contributed by atoms with Crippen molar-refractivity contribution < 1.29 is 28.2 Å². The molecule has 7 aliphatic rings. The van der Waals surface area contributed by atoms with E-state index < -0.39 is 26.8 Å². The third kappa shape index (κ3) is 7.25. The van der Waals surface area contributed by atoms with Crippen molar-refractivity contribution in [1.82, 2.24) is 10.3 Å². The van der Waals surface area contributed by atoms with E-state index in [9.17, 15) is 28.7 Å². The van der Waals surface area contributed by atoms with Gasteiger partial charge in [-0.3, -0.25) is 4.79 Å². The predicted octanol–water partition coefficient (Wildman–Crippen LogP) is 10.2. The summed E-state index contributed by atoms with van der Waals surface area (Å²) in [5.74, 6) is 2.06. The minimum atomic E-state index is -3.08. The zero-order valence-corrected chi connectivity index (χ0v) is 39.6. The Morgan fingerprint density at radius 3 is 2.34 bits per heavy atom. The lowest BCUT2D eigenvalue weighted by molar-refractivity contribution is -0.221. The van der Waals surface area contributed by atoms with E-state index in [4.69, 9.17) is 4.74 Å². The van der Waals surface area contributed by atoms with E-state index >= 15 is 0 Å². The number of carbonyl (C=O) groups is 1. The second-order valence-electron chi connectivity index (χ2n) is 23.1. The van der Waals surface area contributed by atoms with Crippen molar-refractivity contribution in [2.75, 3.05) is 19.4 Å². The lowest BCUT2D eigenvalue weighted by Crippen LogP contribution is -2.68. The van der Waals surface area contributed by atoms with Gasteiger partial charge in [-0.05, 0) is 197 Å². The van der Waals surface area contributed by atoms with Gasteiger partial charge in [-0.15, -0.1) is 0 Å². The summed E-state index contributed by atoms with van der Waals surface area (Å²) in [6.07, 6.45) is 22.7. The first-order valence-electron chi connectivity index (χ1n) is 24.0. The lowest BCUT2D eigenvalue weighted by Gasteiger charge is -2.72. The van der Waals surface area contributed by atoms with Crippen molar-refractivity contribution in [3.05, 3.63) is 59.3 Å². The van der Waals surface area contributed by atoms with E-state index in [2.05, 4.69) is 76.6 Å². The number of nitriles is 1. The molecule has 8 rings (SSSR count). The van der Waals surface area contributed by atoms with Crippen LogP contribution in [0.5, 0.6) is 5.88 Å². The Labute approximate surface area is 372 Å². The number of nitrogens with one attached hydrogen (secondary N) is 1. The summed E-state index contributed by atoms with van der Waals surface area (Å²) >= 11 is 0. The van der Waals surface area contributed by atoms with Crippen LogP contribution in [-0.2, 0) is 14.6 Å². The molecule has 5 saturated carbocycles. The number of aliphatic hydroxyl groups is 1. The normalized spacial score (nSPS) is 42.4. The first-order valence-corrected chi connectivity index (χ1v) is 26.0. The number of carboxylic acid groups (broad SMARTS) is 1. The van der Waals surface area contributed by atoms with E-state index in [-0.39, 0.29) is 44.9 Å². The minimum Gasteiger partial charge on any atom is -0.481 e. The Balaban J connectivity index is 0.998. The molecule has 7 aliphatic carbocycles. The second kappa shape index (κ2) is 15.9. The van der Waals surface area contributed by atoms with Crippen LogP contribution in [0.2, 0.25) is 0 Å². The molecule has 0 aromatic carbocycles. The van der Waals surface area contributed by atoms with Crippen molar-refractivity contribution in [3.8, 4) is 11.9 Å². The van der Waals surface area contributed by atoms with E-state index in [1.807, 2.05) is 0 Å². The molecular formula is C52H75N3O6S. The molecule has 3 N–H and O–H groups in total. The highest BCUT2D eigenvalue weighted by Gasteiger charge is 2.70. The number of nitrogens with zero attached hydrogens (tertiary/aromatic N) is 2. The largest absolute Gasteiger partial charge is 0.481 e. The predicted molar refractivity (Wildman–Crippen MR) is 244 cm³/mol. The summed E-state index contributed by atoms with van der Waals surface area (Å²) in [6.45, 7) is 20.5. The molecule has 0 bridgehead atoms. The van der Waals surface area contributed by atoms with Gasteiger partial charge in [0.2, 0.25) is 5.88 Å². The van der Waals surface area contributed by atoms with Gasteiger partial charge in [-0.25, -0.2) is 13.4 Å². The van der Waals surface area contributed by atoms with Gasteiger partial charge < -0.3 is 20.3 Å². The summed E-state index contributed by atoms with van der Waals surface area (Å²) in [5.41, 5.74) is 3.02. The Kier molecular flexibility index (Phi) is 11.7. The first kappa shape index (κ1) is 45.6. The van der Waals surface area contributed by atoms with Gasteiger partial charge >= 0.3 is 5.97 Å². The SMILES string of the molecule is C=C(C)C1CC[C@]2(NCC[C@]3(O)CC[C@@H](S(C)(=O)=O)CC3)CC[C@]3(C)[C@H](CC[C@@H]4[C@@]5(C)CC=C(C6=CC[C@](COc7ncccc7C#N)(C(=O)O)CC6)C(C)(C)[C@@H]5CC[C@]43C)[C@@H]12. The average Bonchev–Trinajstić information content (AvgIpc) is 3.60. The van der Waals surface area contributed by atoms with E-state index in [1.165, 1.54) is 61.5 Å². The maximum atomic E-state index is 12.8. The molecule has 5 fully saturated rings. The number of ether oxygens (including phenoxy) is 1. The van der Waals surface area contributed by atoms with Gasteiger partial charge in [0, 0.05) is 18.0 Å². The number of aliphatic carboxylic acids is 1. The number of carboxylic acids is 1. The Morgan fingerprint density at radius 1 is 0.952 bits per heavy atom. The molecule has 0 saturated heterocycles. The number of aromatic nitrogens is 1. The van der Waals surface area contributed by atoms with Crippen molar-refractivity contribution >= 4 is 15.8 Å². The van der Waals surface area contributed by atoms with Crippen LogP contribution in [0.1, 0.15) is 156 Å². The van der Waals surface area contributed by atoms with Crippen LogP contribution in [0, 0.1) is 68.0 Å². The fourth-order valence-electron chi connectivity index (χ4n) is 16.3. The van der Waals surface area contributed by atoms with Crippen LogP contribution >= 0.6 is 0 Å². The summed E-state index contributed by atoms with van der Waals surface area (Å²) in [5, 5.41) is 35.5. The van der Waals surface area contributed by atoms with Gasteiger partial charge in [0.05, 0.1) is 10.9 Å². The third-order valence-electron chi connectivity index (χ3n) is 20.0. The topological polar surface area (TPSA) is 150 Å². The van der Waals surface area contributed by atoms with E-state index in [0.29, 0.717) is 86.5 Å². The number of allylic oxidation sites excluding steroid dienone is 5. The van der Waals surface area contributed by atoms with Crippen LogP contribution < -0.4 is 10.1 Å². The number of hydrogen-bond acceptors (Lipinski definition) is 8. The third-order valence-corrected chi connectivity index (χ3v) is 21.7. The first-order chi connectivity index (χ1) is 29.1. The molecule has 62 heavy (non-hydrogen) atoms. The molecule has 1 heterocycles. The van der Waals surface area contributed by atoms with Gasteiger partial charge in [-0.2, -0.15) is 5.26 Å². The molecule has 0 radical (unpaired) electrons. The lowest BCUT2D eigenvalue weighted by atomic mass is 9.33. The maximum Gasteiger partial charge on any atom is 0.313 e. The van der Waals surface area contributed by atoms with Crippen molar-refractivity contribution in [2.45, 2.75) is 167 Å². The fraction of sp³-hybridized carbons (Fsp3) is 0.750. The van der Waals surface area contributed by atoms with Gasteiger partial charge in [0.1, 0.15) is 33.5 Å². The molecule has 10 atom stereocenters. The van der Waals surface area contributed by atoms with Crippen molar-refractivity contribution in [1.29, 1.82) is 5.26 Å². The summed E-state index contributed by atoms with van der Waals surface area (Å²) < 4.78 is 30.4. The smallest absolute Gasteiger partial charge is 0.313 e. The summed E-state index contributed by atoms with van der Waals surface area (Å²) in [7, 11) is -3.08. The van der Waals surface area contributed by atoms with Crippen LogP contribution in [0.25, 0.3) is 0 Å². The van der Waals surface area contributed by atoms with E-state index in [1.54, 1.807) is 18.3 Å². The molecule has 0 aliphatic heterocycles.